The maximum atomic E-state index is 12.5. The molecule has 0 unspecified atom stereocenters. The molecule has 1 fully saturated rings. The Morgan fingerprint density at radius 3 is 2.68 bits per heavy atom. The highest BCUT2D eigenvalue weighted by atomic mass is 16.2. The minimum atomic E-state index is -0.346. The van der Waals surface area contributed by atoms with E-state index in [0.717, 1.165) is 44.3 Å². The van der Waals surface area contributed by atoms with E-state index in [1.54, 1.807) is 6.07 Å². The molecule has 0 bridgehead atoms. The quantitative estimate of drug-likeness (QED) is 0.796. The van der Waals surface area contributed by atoms with Gasteiger partial charge in [-0.25, -0.2) is 4.68 Å². The number of nitrogens with one attached hydrogen (secondary N) is 1. The summed E-state index contributed by atoms with van der Waals surface area (Å²) in [5.41, 5.74) is 1.48. The first kappa shape index (κ1) is 19.8. The van der Waals surface area contributed by atoms with Gasteiger partial charge in [0.25, 0.3) is 17.4 Å². The zero-order valence-corrected chi connectivity index (χ0v) is 16.2. The Labute approximate surface area is 164 Å². The molecule has 1 aromatic carbocycles. The Morgan fingerprint density at radius 1 is 1.14 bits per heavy atom. The fraction of sp³-hybridized carbons (Fsp3) is 0.429. The number of likely N-dealkylation sites (tertiary alicyclic amines) is 1. The van der Waals surface area contributed by atoms with Crippen LogP contribution in [0.15, 0.2) is 41.2 Å². The average molecular weight is 382 g/mol. The molecule has 1 aliphatic heterocycles. The number of carbonyl (C=O) groups is 2. The summed E-state index contributed by atoms with van der Waals surface area (Å²) in [5, 5.41) is 6.96. The fourth-order valence-electron chi connectivity index (χ4n) is 3.23. The lowest BCUT2D eigenvalue weighted by Crippen LogP contribution is -2.30. The normalized spacial score (nSPS) is 13.5. The average Bonchev–Trinajstić information content (AvgIpc) is 3.26. The number of aryl methyl sites for hydroxylation is 1. The van der Waals surface area contributed by atoms with Gasteiger partial charge in [0.1, 0.15) is 5.69 Å². The Bertz CT molecular complexity index is 901. The lowest BCUT2D eigenvalue weighted by Gasteiger charge is -2.15. The molecule has 0 spiro atoms. The number of hydrogen-bond acceptors (Lipinski definition) is 4. The third-order valence-corrected chi connectivity index (χ3v) is 4.84. The molecule has 2 heterocycles. The summed E-state index contributed by atoms with van der Waals surface area (Å²) in [7, 11) is 0. The summed E-state index contributed by atoms with van der Waals surface area (Å²) in [4.78, 5) is 38.6. The van der Waals surface area contributed by atoms with E-state index in [1.165, 1.54) is 16.8 Å². The Morgan fingerprint density at radius 2 is 1.93 bits per heavy atom. The van der Waals surface area contributed by atoms with E-state index in [1.807, 2.05) is 30.0 Å². The van der Waals surface area contributed by atoms with Gasteiger partial charge in [-0.15, -0.1) is 0 Å². The number of amides is 2. The molecule has 7 heteroatoms. The Kier molecular flexibility index (Phi) is 6.57. The monoisotopic (exact) mass is 382 g/mol. The predicted octanol–water partition coefficient (Wildman–Crippen LogP) is 2.21. The van der Waals surface area contributed by atoms with E-state index in [2.05, 4.69) is 10.4 Å². The maximum Gasteiger partial charge on any atom is 0.271 e. The molecular formula is C21H26N4O3. The molecule has 0 aliphatic carbocycles. The van der Waals surface area contributed by atoms with Crippen molar-refractivity contribution in [1.82, 2.24) is 20.0 Å². The first-order valence-corrected chi connectivity index (χ1v) is 9.83. The van der Waals surface area contributed by atoms with Gasteiger partial charge in [-0.2, -0.15) is 5.10 Å². The van der Waals surface area contributed by atoms with Crippen LogP contribution in [-0.4, -0.2) is 39.6 Å². The second kappa shape index (κ2) is 9.30. The van der Waals surface area contributed by atoms with Gasteiger partial charge < -0.3 is 10.2 Å². The molecule has 1 saturated heterocycles. The maximum absolute atomic E-state index is 12.5. The van der Waals surface area contributed by atoms with E-state index in [0.29, 0.717) is 12.1 Å². The highest BCUT2D eigenvalue weighted by molar-refractivity contribution is 5.94. The molecule has 1 aromatic heterocycles. The Hall–Kier alpha value is -2.96. The van der Waals surface area contributed by atoms with Gasteiger partial charge in [-0.3, -0.25) is 14.4 Å². The lowest BCUT2D eigenvalue weighted by atomic mass is 10.1. The molecule has 1 aliphatic rings. The van der Waals surface area contributed by atoms with Crippen LogP contribution < -0.4 is 10.9 Å². The number of hydrogen-bond donors (Lipinski definition) is 1. The summed E-state index contributed by atoms with van der Waals surface area (Å²) in [6.07, 6.45) is 3.87. The third-order valence-electron chi connectivity index (χ3n) is 4.84. The van der Waals surface area contributed by atoms with Gasteiger partial charge in [0, 0.05) is 37.8 Å². The van der Waals surface area contributed by atoms with E-state index >= 15 is 0 Å². The van der Waals surface area contributed by atoms with Crippen molar-refractivity contribution in [1.29, 1.82) is 0 Å². The predicted molar refractivity (Wildman–Crippen MR) is 106 cm³/mol. The topological polar surface area (TPSA) is 84.3 Å². The van der Waals surface area contributed by atoms with Crippen LogP contribution in [0, 0.1) is 0 Å². The van der Waals surface area contributed by atoms with Crippen LogP contribution in [0.5, 0.6) is 0 Å². The van der Waals surface area contributed by atoms with Gasteiger partial charge in [-0.1, -0.05) is 25.5 Å². The van der Waals surface area contributed by atoms with Crippen LogP contribution in [-0.2, 0) is 13.1 Å². The fourth-order valence-corrected chi connectivity index (χ4v) is 3.23. The van der Waals surface area contributed by atoms with Crippen LogP contribution in [0.3, 0.4) is 0 Å². The smallest absolute Gasteiger partial charge is 0.271 e. The molecule has 2 amide bonds. The van der Waals surface area contributed by atoms with Crippen molar-refractivity contribution in [3.63, 3.8) is 0 Å². The van der Waals surface area contributed by atoms with E-state index in [4.69, 9.17) is 0 Å². The molecule has 0 atom stereocenters. The van der Waals surface area contributed by atoms with Gasteiger partial charge in [0.15, 0.2) is 0 Å². The first-order valence-electron chi connectivity index (χ1n) is 9.83. The number of benzene rings is 1. The SMILES string of the molecule is CCCCn1nc(C(=O)NCc2cccc(C(=O)N3CCCC3)c2)ccc1=O. The molecule has 148 valence electrons. The van der Waals surface area contributed by atoms with Crippen molar-refractivity contribution < 1.29 is 9.59 Å². The highest BCUT2D eigenvalue weighted by Crippen LogP contribution is 2.14. The van der Waals surface area contributed by atoms with Gasteiger partial charge >= 0.3 is 0 Å². The van der Waals surface area contributed by atoms with E-state index in [-0.39, 0.29) is 29.6 Å². The largest absolute Gasteiger partial charge is 0.347 e. The van der Waals surface area contributed by atoms with Crippen molar-refractivity contribution in [3.8, 4) is 0 Å². The summed E-state index contributed by atoms with van der Waals surface area (Å²) in [5.74, 6) is -0.308. The Balaban J connectivity index is 1.64. The number of nitrogens with zero attached hydrogens (tertiary/aromatic N) is 3. The molecule has 28 heavy (non-hydrogen) atoms. The van der Waals surface area contributed by atoms with E-state index < -0.39 is 0 Å². The zero-order valence-electron chi connectivity index (χ0n) is 16.2. The first-order chi connectivity index (χ1) is 13.6. The second-order valence-electron chi connectivity index (χ2n) is 7.02. The van der Waals surface area contributed by atoms with Crippen molar-refractivity contribution in [3.05, 3.63) is 63.6 Å². The van der Waals surface area contributed by atoms with Crippen LogP contribution in [0.1, 0.15) is 59.0 Å². The van der Waals surface area contributed by atoms with Gasteiger partial charge in [0.05, 0.1) is 0 Å². The van der Waals surface area contributed by atoms with Gasteiger partial charge in [0.2, 0.25) is 0 Å². The van der Waals surface area contributed by atoms with Crippen molar-refractivity contribution >= 4 is 11.8 Å². The van der Waals surface area contributed by atoms with Crippen LogP contribution in [0.25, 0.3) is 0 Å². The molecule has 0 saturated carbocycles. The number of aromatic nitrogens is 2. The zero-order chi connectivity index (χ0) is 19.9. The molecule has 2 aromatic rings. The van der Waals surface area contributed by atoms with Crippen molar-refractivity contribution in [2.75, 3.05) is 13.1 Å². The number of rotatable bonds is 7. The molecule has 0 radical (unpaired) electrons. The number of carbonyl (C=O) groups excluding carboxylic acids is 2. The van der Waals surface area contributed by atoms with Crippen LogP contribution >= 0.6 is 0 Å². The molecule has 7 nitrogen and oxygen atoms in total. The standard InChI is InChI=1S/C21H26N4O3/c1-2-3-13-25-19(26)10-9-18(23-25)20(27)22-15-16-7-6-8-17(14-16)21(28)24-11-4-5-12-24/h6-10,14H,2-5,11-13,15H2,1H3,(H,22,27). The van der Waals surface area contributed by atoms with Crippen LogP contribution in [0.4, 0.5) is 0 Å². The summed E-state index contributed by atoms with van der Waals surface area (Å²) >= 11 is 0. The minimum absolute atomic E-state index is 0.0374. The molecule has 1 N–H and O–H groups in total. The molecular weight excluding hydrogens is 356 g/mol. The molecule has 3 rings (SSSR count). The van der Waals surface area contributed by atoms with Crippen molar-refractivity contribution in [2.24, 2.45) is 0 Å². The summed E-state index contributed by atoms with van der Waals surface area (Å²) in [6.45, 7) is 4.43. The third kappa shape index (κ3) is 4.85. The van der Waals surface area contributed by atoms with Gasteiger partial charge in [-0.05, 0) is 43.0 Å². The second-order valence-corrected chi connectivity index (χ2v) is 7.02. The minimum Gasteiger partial charge on any atom is -0.347 e. The lowest BCUT2D eigenvalue weighted by molar-refractivity contribution is 0.0792. The van der Waals surface area contributed by atoms with E-state index in [9.17, 15) is 14.4 Å². The van der Waals surface area contributed by atoms with Crippen LogP contribution in [0.2, 0.25) is 0 Å². The number of unbranched alkanes of at least 4 members (excludes halogenated alkanes) is 1. The summed E-state index contributed by atoms with van der Waals surface area (Å²) in [6, 6.07) is 10.1. The van der Waals surface area contributed by atoms with Crippen molar-refractivity contribution in [2.45, 2.75) is 45.7 Å². The summed E-state index contributed by atoms with van der Waals surface area (Å²) < 4.78 is 1.33. The highest BCUT2D eigenvalue weighted by Gasteiger charge is 2.19.